The third-order valence-corrected chi connectivity index (χ3v) is 3.52. The Morgan fingerprint density at radius 3 is 3.00 bits per heavy atom. The third-order valence-electron chi connectivity index (χ3n) is 2.66. The van der Waals surface area contributed by atoms with E-state index in [1.54, 1.807) is 11.3 Å². The van der Waals surface area contributed by atoms with Crippen molar-refractivity contribution in [3.05, 3.63) is 5.01 Å². The Kier molecular flexibility index (Phi) is 3.96. The number of rotatable bonds is 4. The lowest BCUT2D eigenvalue weighted by atomic mass is 10.1. The summed E-state index contributed by atoms with van der Waals surface area (Å²) in [5, 5.41) is 13.5. The maximum atomic E-state index is 5.69. The van der Waals surface area contributed by atoms with Crippen molar-refractivity contribution < 1.29 is 4.74 Å². The van der Waals surface area contributed by atoms with E-state index in [-0.39, 0.29) is 5.60 Å². The summed E-state index contributed by atoms with van der Waals surface area (Å²) in [5.41, 5.74) is -0.0482. The van der Waals surface area contributed by atoms with Crippen LogP contribution in [-0.4, -0.2) is 46.9 Å². The molecule has 1 aromatic heterocycles. The van der Waals surface area contributed by atoms with Gasteiger partial charge in [-0.15, -0.1) is 10.2 Å². The topological polar surface area (TPSA) is 50.3 Å². The van der Waals surface area contributed by atoms with Crippen LogP contribution in [0, 0.1) is 0 Å². The van der Waals surface area contributed by atoms with Gasteiger partial charge in [-0.25, -0.2) is 0 Å². The van der Waals surface area contributed by atoms with Gasteiger partial charge in [0.1, 0.15) is 5.01 Å². The van der Waals surface area contributed by atoms with E-state index < -0.39 is 0 Å². The van der Waals surface area contributed by atoms with E-state index in [2.05, 4.69) is 41.2 Å². The first-order chi connectivity index (χ1) is 8.09. The van der Waals surface area contributed by atoms with Crippen LogP contribution >= 0.6 is 11.3 Å². The van der Waals surface area contributed by atoms with Crippen molar-refractivity contribution in [2.45, 2.75) is 32.9 Å². The van der Waals surface area contributed by atoms with Crippen LogP contribution in [0.1, 0.15) is 25.8 Å². The number of anilines is 1. The smallest absolute Gasteiger partial charge is 0.205 e. The van der Waals surface area contributed by atoms with Crippen molar-refractivity contribution in [1.29, 1.82) is 0 Å². The number of nitrogens with zero attached hydrogens (tertiary/aromatic N) is 3. The molecule has 2 rings (SSSR count). The zero-order valence-electron chi connectivity index (χ0n) is 10.7. The van der Waals surface area contributed by atoms with E-state index >= 15 is 0 Å². The maximum absolute atomic E-state index is 5.69. The van der Waals surface area contributed by atoms with Crippen molar-refractivity contribution >= 4 is 16.5 Å². The maximum Gasteiger partial charge on any atom is 0.205 e. The van der Waals surface area contributed by atoms with Crippen LogP contribution in [-0.2, 0) is 11.3 Å². The van der Waals surface area contributed by atoms with E-state index in [0.29, 0.717) is 0 Å². The standard InChI is InChI=1S/C11H20N4OS/c1-4-12-10-14-13-9(17-10)7-15-5-6-16-11(2,3)8-15/h4-8H2,1-3H3,(H,12,14). The molecule has 5 nitrogen and oxygen atoms in total. The summed E-state index contributed by atoms with van der Waals surface area (Å²) in [7, 11) is 0. The highest BCUT2D eigenvalue weighted by atomic mass is 32.1. The lowest BCUT2D eigenvalue weighted by molar-refractivity contribution is -0.0883. The summed E-state index contributed by atoms with van der Waals surface area (Å²) in [6.45, 7) is 10.8. The molecular formula is C11H20N4OS. The Morgan fingerprint density at radius 1 is 1.47 bits per heavy atom. The predicted octanol–water partition coefficient (Wildman–Crippen LogP) is 1.58. The Labute approximate surface area is 106 Å². The summed E-state index contributed by atoms with van der Waals surface area (Å²) >= 11 is 1.64. The van der Waals surface area contributed by atoms with Gasteiger partial charge in [-0.3, -0.25) is 4.90 Å². The Bertz CT molecular complexity index is 366. The van der Waals surface area contributed by atoms with Gasteiger partial charge in [0.25, 0.3) is 0 Å². The zero-order valence-corrected chi connectivity index (χ0v) is 11.5. The number of aromatic nitrogens is 2. The molecule has 1 aliphatic heterocycles. The van der Waals surface area contributed by atoms with Crippen LogP contribution in [0.3, 0.4) is 0 Å². The van der Waals surface area contributed by atoms with Crippen molar-refractivity contribution in [3.8, 4) is 0 Å². The molecule has 0 atom stereocenters. The molecular weight excluding hydrogens is 236 g/mol. The summed E-state index contributed by atoms with van der Waals surface area (Å²) in [4.78, 5) is 2.37. The monoisotopic (exact) mass is 256 g/mol. The first kappa shape index (κ1) is 12.7. The van der Waals surface area contributed by atoms with Crippen molar-refractivity contribution in [2.75, 3.05) is 31.6 Å². The summed E-state index contributed by atoms with van der Waals surface area (Å²) in [6.07, 6.45) is 0. The molecule has 1 aliphatic rings. The predicted molar refractivity (Wildman–Crippen MR) is 69.4 cm³/mol. The molecule has 0 radical (unpaired) electrons. The first-order valence-electron chi connectivity index (χ1n) is 6.01. The fraction of sp³-hybridized carbons (Fsp3) is 0.818. The van der Waals surface area contributed by atoms with Gasteiger partial charge in [-0.1, -0.05) is 11.3 Å². The molecule has 0 bridgehead atoms. The summed E-state index contributed by atoms with van der Waals surface area (Å²) in [6, 6.07) is 0. The van der Waals surface area contributed by atoms with Gasteiger partial charge in [0.2, 0.25) is 5.13 Å². The van der Waals surface area contributed by atoms with Crippen molar-refractivity contribution in [2.24, 2.45) is 0 Å². The van der Waals surface area contributed by atoms with Crippen molar-refractivity contribution in [1.82, 2.24) is 15.1 Å². The van der Waals surface area contributed by atoms with E-state index in [0.717, 1.165) is 42.9 Å². The Morgan fingerprint density at radius 2 is 2.29 bits per heavy atom. The fourth-order valence-electron chi connectivity index (χ4n) is 1.98. The van der Waals surface area contributed by atoms with E-state index in [4.69, 9.17) is 4.74 Å². The minimum Gasteiger partial charge on any atom is -0.373 e. The second-order valence-corrected chi connectivity index (χ2v) is 5.91. The number of ether oxygens (including phenoxy) is 1. The number of hydrogen-bond acceptors (Lipinski definition) is 6. The number of morpholine rings is 1. The first-order valence-corrected chi connectivity index (χ1v) is 6.83. The lowest BCUT2D eigenvalue weighted by Gasteiger charge is -2.37. The van der Waals surface area contributed by atoms with Crippen molar-refractivity contribution in [3.63, 3.8) is 0 Å². The fourth-order valence-corrected chi connectivity index (χ4v) is 2.83. The van der Waals surface area contributed by atoms with Gasteiger partial charge in [-0.2, -0.15) is 0 Å². The molecule has 6 heteroatoms. The molecule has 0 saturated carbocycles. The van der Waals surface area contributed by atoms with Crippen LogP contribution in [0.2, 0.25) is 0 Å². The van der Waals surface area contributed by atoms with Gasteiger partial charge >= 0.3 is 0 Å². The van der Waals surface area contributed by atoms with Gasteiger partial charge in [0, 0.05) is 19.6 Å². The average Bonchev–Trinajstić information content (AvgIpc) is 2.64. The van der Waals surface area contributed by atoms with Crippen LogP contribution in [0.5, 0.6) is 0 Å². The summed E-state index contributed by atoms with van der Waals surface area (Å²) < 4.78 is 5.69. The van der Waals surface area contributed by atoms with Gasteiger partial charge < -0.3 is 10.1 Å². The molecule has 2 heterocycles. The van der Waals surface area contributed by atoms with Crippen LogP contribution in [0.15, 0.2) is 0 Å². The van der Waals surface area contributed by atoms with Crippen LogP contribution < -0.4 is 5.32 Å². The van der Waals surface area contributed by atoms with Crippen LogP contribution in [0.4, 0.5) is 5.13 Å². The van der Waals surface area contributed by atoms with Gasteiger partial charge in [-0.05, 0) is 20.8 Å². The van der Waals surface area contributed by atoms with Gasteiger partial charge in [0.15, 0.2) is 0 Å². The largest absolute Gasteiger partial charge is 0.373 e. The second-order valence-electron chi connectivity index (χ2n) is 4.85. The molecule has 0 aromatic carbocycles. The molecule has 1 fully saturated rings. The minimum atomic E-state index is -0.0482. The normalized spacial score (nSPS) is 20.4. The SMILES string of the molecule is CCNc1nnc(CN2CCOC(C)(C)C2)s1. The molecule has 0 unspecified atom stereocenters. The number of hydrogen-bond donors (Lipinski definition) is 1. The van der Waals surface area contributed by atoms with E-state index in [1.165, 1.54) is 0 Å². The quantitative estimate of drug-likeness (QED) is 0.886. The Hall–Kier alpha value is -0.720. The highest BCUT2D eigenvalue weighted by molar-refractivity contribution is 7.15. The zero-order chi connectivity index (χ0) is 12.3. The molecule has 17 heavy (non-hydrogen) atoms. The average molecular weight is 256 g/mol. The minimum absolute atomic E-state index is 0.0482. The summed E-state index contributed by atoms with van der Waals surface area (Å²) in [5.74, 6) is 0. The molecule has 1 N–H and O–H groups in total. The molecule has 1 saturated heterocycles. The molecule has 0 aliphatic carbocycles. The van der Waals surface area contributed by atoms with E-state index in [9.17, 15) is 0 Å². The molecule has 0 spiro atoms. The Balaban J connectivity index is 1.91. The third kappa shape index (κ3) is 3.62. The number of nitrogens with one attached hydrogen (secondary N) is 1. The second kappa shape index (κ2) is 5.29. The van der Waals surface area contributed by atoms with Crippen LogP contribution in [0.25, 0.3) is 0 Å². The highest BCUT2D eigenvalue weighted by Crippen LogP contribution is 2.21. The molecule has 1 aromatic rings. The van der Waals surface area contributed by atoms with Gasteiger partial charge in [0.05, 0.1) is 18.8 Å². The highest BCUT2D eigenvalue weighted by Gasteiger charge is 2.27. The molecule has 0 amide bonds. The van der Waals surface area contributed by atoms with E-state index in [1.807, 2.05) is 0 Å². The molecule has 96 valence electrons. The lowest BCUT2D eigenvalue weighted by Crippen LogP contribution is -2.47.